The van der Waals surface area contributed by atoms with Gasteiger partial charge in [-0.15, -0.1) is 11.3 Å². The number of carbonyl (C=O) groups excluding carboxylic acids is 1. The molecule has 0 fully saturated rings. The van der Waals surface area contributed by atoms with E-state index in [9.17, 15) is 9.59 Å². The lowest BCUT2D eigenvalue weighted by molar-refractivity contribution is 0.101. The van der Waals surface area contributed by atoms with Crippen molar-refractivity contribution in [2.45, 2.75) is 6.92 Å². The first-order valence-electron chi connectivity index (χ1n) is 9.11. The first-order valence-corrected chi connectivity index (χ1v) is 9.99. The third-order valence-electron chi connectivity index (χ3n) is 4.29. The Hall–Kier alpha value is -4.25. The molecule has 0 radical (unpaired) electrons. The van der Waals surface area contributed by atoms with Crippen molar-refractivity contribution in [3.05, 3.63) is 75.8 Å². The molecule has 154 valence electrons. The average Bonchev–Trinajstić information content (AvgIpc) is 3.54. The van der Waals surface area contributed by atoms with Gasteiger partial charge < -0.3 is 14.3 Å². The third kappa shape index (κ3) is 3.69. The van der Waals surface area contributed by atoms with Gasteiger partial charge in [0.15, 0.2) is 17.2 Å². The Morgan fingerprint density at radius 2 is 2.10 bits per heavy atom. The van der Waals surface area contributed by atoms with Gasteiger partial charge in [-0.05, 0) is 30.5 Å². The smallest absolute Gasteiger partial charge is 0.279 e. The summed E-state index contributed by atoms with van der Waals surface area (Å²) < 4.78 is 12.0. The number of anilines is 1. The fraction of sp³-hybridized carbons (Fsp3) is 0.0500. The fourth-order valence-electron chi connectivity index (χ4n) is 2.94. The predicted octanol–water partition coefficient (Wildman–Crippen LogP) is 3.49. The molecule has 10 nitrogen and oxygen atoms in total. The molecule has 0 aromatic carbocycles. The minimum absolute atomic E-state index is 0.0985. The number of aromatic amines is 1. The van der Waals surface area contributed by atoms with Crippen molar-refractivity contribution in [2.75, 3.05) is 5.32 Å². The highest BCUT2D eigenvalue weighted by Gasteiger charge is 2.20. The number of thiophene rings is 1. The Morgan fingerprint density at radius 3 is 2.84 bits per heavy atom. The molecule has 11 heteroatoms. The Morgan fingerprint density at radius 1 is 1.19 bits per heavy atom. The summed E-state index contributed by atoms with van der Waals surface area (Å²) >= 11 is 1.48. The normalized spacial score (nSPS) is 11.0. The minimum Gasteiger partial charge on any atom is -0.463 e. The van der Waals surface area contributed by atoms with E-state index in [0.717, 1.165) is 4.88 Å². The molecule has 0 bridgehead atoms. The van der Waals surface area contributed by atoms with Gasteiger partial charge in [-0.1, -0.05) is 11.2 Å². The summed E-state index contributed by atoms with van der Waals surface area (Å²) in [4.78, 5) is 32.5. The van der Waals surface area contributed by atoms with E-state index in [1.54, 1.807) is 31.2 Å². The van der Waals surface area contributed by atoms with E-state index in [2.05, 4.69) is 25.5 Å². The topological polar surface area (TPSA) is 132 Å². The zero-order valence-electron chi connectivity index (χ0n) is 16.0. The van der Waals surface area contributed by atoms with Crippen LogP contribution in [0.3, 0.4) is 0 Å². The van der Waals surface area contributed by atoms with Gasteiger partial charge in [0.1, 0.15) is 11.5 Å². The molecule has 5 rings (SSSR count). The summed E-state index contributed by atoms with van der Waals surface area (Å²) in [6.07, 6.45) is 1.51. The van der Waals surface area contributed by atoms with Crippen molar-refractivity contribution in [3.63, 3.8) is 0 Å². The second-order valence-corrected chi connectivity index (χ2v) is 7.47. The second kappa shape index (κ2) is 7.54. The van der Waals surface area contributed by atoms with Gasteiger partial charge in [-0.25, -0.2) is 4.98 Å². The summed E-state index contributed by atoms with van der Waals surface area (Å²) in [5.74, 6) is 0.900. The maximum absolute atomic E-state index is 12.8. The molecule has 5 aromatic heterocycles. The van der Waals surface area contributed by atoms with Gasteiger partial charge in [-0.2, -0.15) is 9.78 Å². The number of nitrogens with zero attached hydrogens (tertiary/aromatic N) is 4. The molecule has 0 aliphatic rings. The molecule has 0 atom stereocenters. The number of amides is 1. The lowest BCUT2D eigenvalue weighted by atomic mass is 10.3. The van der Waals surface area contributed by atoms with Crippen molar-refractivity contribution in [1.29, 1.82) is 0 Å². The molecule has 0 unspecified atom stereocenters. The van der Waals surface area contributed by atoms with Crippen molar-refractivity contribution < 1.29 is 13.7 Å². The Kier molecular flexibility index (Phi) is 4.56. The zero-order chi connectivity index (χ0) is 21.4. The van der Waals surface area contributed by atoms with Crippen LogP contribution < -0.4 is 10.9 Å². The highest BCUT2D eigenvalue weighted by atomic mass is 32.1. The van der Waals surface area contributed by atoms with Crippen LogP contribution in [-0.2, 0) is 0 Å². The van der Waals surface area contributed by atoms with Crippen LogP contribution in [-0.4, -0.2) is 30.8 Å². The number of H-pyrrole nitrogens is 1. The zero-order valence-corrected chi connectivity index (χ0v) is 16.8. The molecule has 2 N–H and O–H groups in total. The van der Waals surface area contributed by atoms with E-state index in [-0.39, 0.29) is 23.0 Å². The number of furan rings is 1. The number of hydrogen-bond acceptors (Lipinski definition) is 8. The van der Waals surface area contributed by atoms with Gasteiger partial charge in [0.2, 0.25) is 5.95 Å². The lowest BCUT2D eigenvalue weighted by Crippen LogP contribution is -2.19. The molecule has 0 spiro atoms. The summed E-state index contributed by atoms with van der Waals surface area (Å²) in [5.41, 5.74) is 0.709. The summed E-state index contributed by atoms with van der Waals surface area (Å²) in [7, 11) is 0. The molecule has 5 aromatic rings. The molecule has 0 aliphatic heterocycles. The summed E-state index contributed by atoms with van der Waals surface area (Å²) in [6, 6.07) is 11.7. The molecule has 0 aliphatic carbocycles. The lowest BCUT2D eigenvalue weighted by Gasteiger charge is -2.07. The van der Waals surface area contributed by atoms with Gasteiger partial charge in [0, 0.05) is 23.9 Å². The fourth-order valence-corrected chi connectivity index (χ4v) is 3.61. The molecule has 1 amide bonds. The molecule has 0 saturated carbocycles. The average molecular weight is 434 g/mol. The number of nitrogens with one attached hydrogen (secondary N) is 2. The number of carbonyl (C=O) groups is 1. The highest BCUT2D eigenvalue weighted by molar-refractivity contribution is 7.13. The van der Waals surface area contributed by atoms with Crippen LogP contribution >= 0.6 is 11.3 Å². The quantitative estimate of drug-likeness (QED) is 0.433. The maximum atomic E-state index is 12.8. The van der Waals surface area contributed by atoms with Crippen LogP contribution in [0.4, 0.5) is 5.82 Å². The number of hydrogen-bond donors (Lipinski definition) is 2. The van der Waals surface area contributed by atoms with E-state index in [1.807, 2.05) is 17.5 Å². The van der Waals surface area contributed by atoms with E-state index in [0.29, 0.717) is 22.9 Å². The van der Waals surface area contributed by atoms with Crippen molar-refractivity contribution in [2.24, 2.45) is 0 Å². The van der Waals surface area contributed by atoms with E-state index in [1.165, 1.54) is 28.3 Å². The van der Waals surface area contributed by atoms with E-state index < -0.39 is 5.91 Å². The largest absolute Gasteiger partial charge is 0.463 e. The van der Waals surface area contributed by atoms with Crippen LogP contribution in [0.2, 0.25) is 0 Å². The number of aromatic nitrogens is 5. The third-order valence-corrected chi connectivity index (χ3v) is 5.17. The minimum atomic E-state index is -0.506. The Balaban J connectivity index is 1.52. The van der Waals surface area contributed by atoms with Gasteiger partial charge in [-0.3, -0.25) is 14.6 Å². The van der Waals surface area contributed by atoms with E-state index in [4.69, 9.17) is 8.94 Å². The first-order chi connectivity index (χ1) is 15.1. The number of rotatable bonds is 5. The van der Waals surface area contributed by atoms with Gasteiger partial charge in [0.25, 0.3) is 11.5 Å². The molecule has 31 heavy (non-hydrogen) atoms. The Bertz CT molecular complexity index is 1410. The molecular formula is C20H14N6O4S. The van der Waals surface area contributed by atoms with Crippen molar-refractivity contribution in [3.8, 4) is 28.0 Å². The van der Waals surface area contributed by atoms with Crippen LogP contribution in [0.25, 0.3) is 28.0 Å². The van der Waals surface area contributed by atoms with Crippen LogP contribution in [0, 0.1) is 6.92 Å². The summed E-state index contributed by atoms with van der Waals surface area (Å²) in [5, 5.41) is 12.9. The SMILES string of the molecule is Cc1cc(=O)[nH]c(-n2nc(-c3ccco3)cc2NC(=O)c2cc(-c3cccs3)on2)n1. The molecule has 5 heterocycles. The molecule has 0 saturated heterocycles. The highest BCUT2D eigenvalue weighted by Crippen LogP contribution is 2.27. The first kappa shape index (κ1) is 18.8. The monoisotopic (exact) mass is 434 g/mol. The van der Waals surface area contributed by atoms with Crippen LogP contribution in [0.1, 0.15) is 16.2 Å². The van der Waals surface area contributed by atoms with Crippen molar-refractivity contribution in [1.82, 2.24) is 24.9 Å². The number of aryl methyl sites for hydroxylation is 1. The van der Waals surface area contributed by atoms with Crippen LogP contribution in [0.15, 0.2) is 67.8 Å². The predicted molar refractivity (Wildman–Crippen MR) is 112 cm³/mol. The van der Waals surface area contributed by atoms with E-state index >= 15 is 0 Å². The van der Waals surface area contributed by atoms with Crippen LogP contribution in [0.5, 0.6) is 0 Å². The Labute approximate surface area is 178 Å². The maximum Gasteiger partial charge on any atom is 0.279 e. The van der Waals surface area contributed by atoms with Gasteiger partial charge in [0.05, 0.1) is 11.1 Å². The summed E-state index contributed by atoms with van der Waals surface area (Å²) in [6.45, 7) is 1.69. The second-order valence-electron chi connectivity index (χ2n) is 6.52. The standard InChI is InChI=1S/C20H14N6O4S/c1-11-8-18(27)23-20(21-11)26-17(10-12(24-26)14-4-2-6-29-14)22-19(28)13-9-15(30-25-13)16-5-3-7-31-16/h2-10H,1H3,(H,22,28)(H,21,23,27). The molecular weight excluding hydrogens is 420 g/mol. The van der Waals surface area contributed by atoms with Crippen molar-refractivity contribution >= 4 is 23.1 Å². The van der Waals surface area contributed by atoms with Gasteiger partial charge >= 0.3 is 0 Å².